The Morgan fingerprint density at radius 2 is 1.71 bits per heavy atom. The molecule has 2 bridgehead atoms. The van der Waals surface area contributed by atoms with Gasteiger partial charge < -0.3 is 23.8 Å². The molecule has 1 amide bonds. The molecule has 4 fully saturated rings. The normalized spacial score (nSPS) is 28.7. The number of aromatic nitrogens is 4. The Hall–Kier alpha value is -3.87. The summed E-state index contributed by atoms with van der Waals surface area (Å²) in [6, 6.07) is 32.3. The van der Waals surface area contributed by atoms with Crippen LogP contribution < -0.4 is 15.7 Å². The van der Waals surface area contributed by atoms with Gasteiger partial charge in [-0.15, -0.1) is 0 Å². The summed E-state index contributed by atoms with van der Waals surface area (Å²) in [5, 5.41) is 5.74. The predicted octanol–water partition coefficient (Wildman–Crippen LogP) is 5.52. The molecule has 4 aliphatic heterocycles. The van der Waals surface area contributed by atoms with E-state index in [1.54, 1.807) is 18.5 Å². The maximum absolute atomic E-state index is 13.0. The lowest BCUT2D eigenvalue weighted by Crippen LogP contribution is -2.58. The molecule has 51 heavy (non-hydrogen) atoms. The molecule has 5 aromatic rings. The average molecular weight is 721 g/mol. The van der Waals surface area contributed by atoms with Crippen molar-refractivity contribution in [1.82, 2.24) is 24.2 Å². The third-order valence-corrected chi connectivity index (χ3v) is 17.5. The standard InChI is InChI=1S/C38H41N6O5PSi/c1-3-38-23-46-32(37(47-38)43-25-41-31-34(39-24-40-35(31)43)42-36(45)26-14-7-4-8-15-26)33(38)49-50-44-21-13-20-29(44)30(48-50)22-51(2,27-16-9-5-10-17-27)28-18-11-6-12-19-28/h4-12,14-19,24-25,29-30,32-33,37H,3,13,20-23H2,1-2H3,(H,39,40,42,45)/t29-,30+,32-,33?,37+,38+,50+/m0/s1. The van der Waals surface area contributed by atoms with Crippen LogP contribution in [0.4, 0.5) is 5.82 Å². The van der Waals surface area contributed by atoms with Crippen LogP contribution in [0.15, 0.2) is 104 Å². The van der Waals surface area contributed by atoms with Crippen molar-refractivity contribution < 1.29 is 23.3 Å². The third kappa shape index (κ3) is 5.65. The summed E-state index contributed by atoms with van der Waals surface area (Å²) in [4.78, 5) is 26.5. The van der Waals surface area contributed by atoms with E-state index >= 15 is 0 Å². The summed E-state index contributed by atoms with van der Waals surface area (Å²) in [6.07, 6.45) is 4.91. The smallest absolute Gasteiger partial charge is 0.259 e. The van der Waals surface area contributed by atoms with E-state index in [1.807, 2.05) is 22.8 Å². The predicted molar refractivity (Wildman–Crippen MR) is 198 cm³/mol. The summed E-state index contributed by atoms with van der Waals surface area (Å²) in [7, 11) is -3.47. The van der Waals surface area contributed by atoms with Gasteiger partial charge in [-0.1, -0.05) is 103 Å². The number of amides is 1. The Morgan fingerprint density at radius 1 is 1.00 bits per heavy atom. The van der Waals surface area contributed by atoms with Gasteiger partial charge in [-0.05, 0) is 37.4 Å². The molecule has 11 nitrogen and oxygen atoms in total. The SMILES string of the molecule is CC[C@@]12CO[C@@H](C1O[P@@]1O[C@H](C[Si](C)(c3ccccc3)c3ccccc3)[C@@H]3CCCN31)[C@H](n1cnc3c(NC(=O)c4ccccc4)ncnc31)O2. The minimum Gasteiger partial charge on any atom is -0.368 e. The van der Waals surface area contributed by atoms with Gasteiger partial charge in [0.2, 0.25) is 0 Å². The Balaban J connectivity index is 0.970. The number of hydrogen-bond acceptors (Lipinski definition) is 9. The molecule has 3 aromatic carbocycles. The molecule has 1 N–H and O–H groups in total. The summed E-state index contributed by atoms with van der Waals surface area (Å²) >= 11 is 0. The van der Waals surface area contributed by atoms with Crippen LogP contribution >= 0.6 is 8.53 Å². The van der Waals surface area contributed by atoms with Gasteiger partial charge >= 0.3 is 0 Å². The number of anilines is 1. The number of carbonyl (C=O) groups excluding carboxylic acids is 1. The highest BCUT2D eigenvalue weighted by molar-refractivity contribution is 7.45. The van der Waals surface area contributed by atoms with Crippen molar-refractivity contribution in [1.29, 1.82) is 0 Å². The number of hydrogen-bond donors (Lipinski definition) is 1. The number of rotatable bonds is 10. The molecule has 13 heteroatoms. The highest BCUT2D eigenvalue weighted by atomic mass is 31.2. The van der Waals surface area contributed by atoms with Crippen LogP contribution in [0.3, 0.4) is 0 Å². The number of fused-ring (bicyclic) bond motifs is 4. The Labute approximate surface area is 299 Å². The zero-order chi connectivity index (χ0) is 34.6. The number of nitrogens with one attached hydrogen (secondary N) is 1. The minimum atomic E-state index is -2.14. The molecule has 2 aromatic heterocycles. The maximum Gasteiger partial charge on any atom is 0.259 e. The van der Waals surface area contributed by atoms with Crippen molar-refractivity contribution in [2.75, 3.05) is 18.5 Å². The van der Waals surface area contributed by atoms with Gasteiger partial charge in [0.05, 0.1) is 19.0 Å². The van der Waals surface area contributed by atoms with E-state index in [4.69, 9.17) is 18.5 Å². The van der Waals surface area contributed by atoms with Crippen LogP contribution in [0.5, 0.6) is 0 Å². The second-order valence-corrected chi connectivity index (χ2v) is 19.8. The van der Waals surface area contributed by atoms with E-state index < -0.39 is 28.4 Å². The van der Waals surface area contributed by atoms with E-state index in [0.717, 1.165) is 25.4 Å². The molecule has 4 saturated heterocycles. The summed E-state index contributed by atoms with van der Waals surface area (Å²) in [5.74, 6) is 0.0705. The molecule has 0 radical (unpaired) electrons. The van der Waals surface area contributed by atoms with Crippen LogP contribution in [-0.4, -0.2) is 81.3 Å². The Bertz CT molecular complexity index is 1990. The number of carbonyl (C=O) groups is 1. The zero-order valence-electron chi connectivity index (χ0n) is 28.7. The van der Waals surface area contributed by atoms with Gasteiger partial charge in [-0.3, -0.25) is 9.36 Å². The fourth-order valence-electron chi connectivity index (χ4n) is 8.38. The highest BCUT2D eigenvalue weighted by Gasteiger charge is 2.64. The van der Waals surface area contributed by atoms with Crippen LogP contribution in [0.25, 0.3) is 11.2 Å². The lowest BCUT2D eigenvalue weighted by Gasteiger charge is -2.32. The van der Waals surface area contributed by atoms with Crippen LogP contribution in [0.2, 0.25) is 12.6 Å². The minimum absolute atomic E-state index is 0.0729. The molecule has 7 atom stereocenters. The van der Waals surface area contributed by atoms with Crippen molar-refractivity contribution in [2.45, 2.75) is 75.0 Å². The number of nitrogens with zero attached hydrogens (tertiary/aromatic N) is 5. The van der Waals surface area contributed by atoms with E-state index in [-0.39, 0.29) is 24.2 Å². The molecular weight excluding hydrogens is 680 g/mol. The first-order valence-electron chi connectivity index (χ1n) is 17.8. The molecular formula is C38H41N6O5PSi. The van der Waals surface area contributed by atoms with Crippen molar-refractivity contribution in [3.8, 4) is 0 Å². The lowest BCUT2D eigenvalue weighted by atomic mass is 9.96. The second-order valence-electron chi connectivity index (χ2n) is 14.1. The zero-order valence-corrected chi connectivity index (χ0v) is 30.6. The summed E-state index contributed by atoms with van der Waals surface area (Å²) < 4.78 is 31.9. The number of ether oxygens (including phenoxy) is 2. The van der Waals surface area contributed by atoms with E-state index in [9.17, 15) is 4.79 Å². The molecule has 262 valence electrons. The van der Waals surface area contributed by atoms with Gasteiger partial charge in [0, 0.05) is 18.2 Å². The van der Waals surface area contributed by atoms with Crippen molar-refractivity contribution in [2.24, 2.45) is 0 Å². The van der Waals surface area contributed by atoms with Crippen LogP contribution in [0, 0.1) is 0 Å². The fourth-order valence-corrected chi connectivity index (χ4v) is 14.4. The van der Waals surface area contributed by atoms with Crippen molar-refractivity contribution in [3.63, 3.8) is 0 Å². The summed E-state index contributed by atoms with van der Waals surface area (Å²) in [5.41, 5.74) is 0.920. The number of benzene rings is 3. The molecule has 0 spiro atoms. The Morgan fingerprint density at radius 3 is 2.41 bits per heavy atom. The third-order valence-electron chi connectivity index (χ3n) is 11.2. The van der Waals surface area contributed by atoms with Gasteiger partial charge in [0.1, 0.15) is 32.2 Å². The van der Waals surface area contributed by atoms with E-state index in [1.165, 1.54) is 16.7 Å². The first-order chi connectivity index (χ1) is 25.0. The first kappa shape index (κ1) is 33.0. The summed E-state index contributed by atoms with van der Waals surface area (Å²) in [6.45, 7) is 6.01. The quantitative estimate of drug-likeness (QED) is 0.147. The number of imidazole rings is 1. The molecule has 0 saturated carbocycles. The molecule has 4 aliphatic rings. The highest BCUT2D eigenvalue weighted by Crippen LogP contribution is 2.61. The second kappa shape index (κ2) is 13.3. The molecule has 9 rings (SSSR count). The van der Waals surface area contributed by atoms with Crippen LogP contribution in [0.1, 0.15) is 42.8 Å². The van der Waals surface area contributed by atoms with E-state index in [0.29, 0.717) is 41.6 Å². The van der Waals surface area contributed by atoms with Gasteiger partial charge in [0.25, 0.3) is 14.4 Å². The maximum atomic E-state index is 13.0. The van der Waals surface area contributed by atoms with Gasteiger partial charge in [0.15, 0.2) is 23.2 Å². The lowest BCUT2D eigenvalue weighted by molar-refractivity contribution is -0.172. The fraction of sp³-hybridized carbons (Fsp3) is 0.368. The monoisotopic (exact) mass is 720 g/mol. The Kier molecular flexibility index (Phi) is 8.59. The topological polar surface area (TPSA) is 113 Å². The first-order valence-corrected chi connectivity index (χ1v) is 21.7. The van der Waals surface area contributed by atoms with E-state index in [2.05, 4.69) is 99.1 Å². The van der Waals surface area contributed by atoms with Crippen molar-refractivity contribution >= 4 is 49.9 Å². The van der Waals surface area contributed by atoms with Crippen LogP contribution in [-0.2, 0) is 18.5 Å². The largest absolute Gasteiger partial charge is 0.368 e. The van der Waals surface area contributed by atoms with Crippen molar-refractivity contribution in [3.05, 3.63) is 109 Å². The molecule has 0 aliphatic carbocycles. The average Bonchev–Trinajstić information content (AvgIpc) is 4.01. The molecule has 6 heterocycles. The van der Waals surface area contributed by atoms with Gasteiger partial charge in [-0.25, -0.2) is 19.6 Å². The van der Waals surface area contributed by atoms with Gasteiger partial charge in [-0.2, -0.15) is 0 Å². The molecule has 1 unspecified atom stereocenters.